The van der Waals surface area contributed by atoms with E-state index < -0.39 is 13.4 Å². The second-order valence-corrected chi connectivity index (χ2v) is 8.49. The number of methoxy groups -OCH3 is 2. The van der Waals surface area contributed by atoms with Crippen LogP contribution in [-0.4, -0.2) is 32.5 Å². The molecule has 0 heterocycles. The minimum atomic E-state index is -3.79. The van der Waals surface area contributed by atoms with Crippen molar-refractivity contribution in [1.29, 1.82) is 0 Å². The molecule has 0 saturated heterocycles. The monoisotopic (exact) mass is 360 g/mol. The number of ether oxygens (including phenoxy) is 2. The number of hydrogen-bond donors (Lipinski definition) is 1. The molecule has 1 aromatic rings. The SMILES string of the molecule is COc1ccc(OC)c(C(O)P(=O)(OCC(C)C)OCC(C)C)c1. The van der Waals surface area contributed by atoms with E-state index in [9.17, 15) is 9.67 Å². The fraction of sp³-hybridized carbons (Fsp3) is 0.647. The molecule has 24 heavy (non-hydrogen) atoms. The van der Waals surface area contributed by atoms with Crippen molar-refractivity contribution in [2.45, 2.75) is 33.5 Å². The van der Waals surface area contributed by atoms with Crippen molar-refractivity contribution in [3.05, 3.63) is 23.8 Å². The van der Waals surface area contributed by atoms with Gasteiger partial charge in [-0.25, -0.2) is 0 Å². The van der Waals surface area contributed by atoms with Crippen molar-refractivity contribution in [3.8, 4) is 11.5 Å². The van der Waals surface area contributed by atoms with Crippen LogP contribution in [0.1, 0.15) is 39.1 Å². The van der Waals surface area contributed by atoms with Gasteiger partial charge in [0, 0.05) is 5.56 Å². The lowest BCUT2D eigenvalue weighted by Gasteiger charge is -2.26. The Balaban J connectivity index is 3.18. The Morgan fingerprint density at radius 1 is 1.00 bits per heavy atom. The number of benzene rings is 1. The standard InChI is InChI=1S/C17H29O6P/c1-12(2)10-22-24(19,23-11-13(3)4)17(18)15-9-14(20-5)7-8-16(15)21-6/h7-9,12-13,17-18H,10-11H2,1-6H3. The molecule has 1 rings (SSSR count). The first-order valence-electron chi connectivity index (χ1n) is 8.02. The van der Waals surface area contributed by atoms with Crippen molar-refractivity contribution >= 4 is 7.60 Å². The smallest absolute Gasteiger partial charge is 0.363 e. The minimum absolute atomic E-state index is 0.153. The molecule has 0 fully saturated rings. The van der Waals surface area contributed by atoms with Gasteiger partial charge in [0.25, 0.3) is 0 Å². The summed E-state index contributed by atoms with van der Waals surface area (Å²) in [5, 5.41) is 10.7. The molecule has 1 atom stereocenters. The summed E-state index contributed by atoms with van der Waals surface area (Å²) >= 11 is 0. The predicted molar refractivity (Wildman–Crippen MR) is 93.7 cm³/mol. The van der Waals surface area contributed by atoms with E-state index in [1.54, 1.807) is 18.2 Å². The van der Waals surface area contributed by atoms with Gasteiger partial charge in [-0.2, -0.15) is 0 Å². The summed E-state index contributed by atoms with van der Waals surface area (Å²) < 4.78 is 34.7. The molecule has 1 unspecified atom stereocenters. The number of aliphatic hydroxyl groups is 1. The molecule has 0 aliphatic heterocycles. The van der Waals surface area contributed by atoms with Gasteiger partial charge in [-0.15, -0.1) is 0 Å². The topological polar surface area (TPSA) is 74.2 Å². The van der Waals surface area contributed by atoms with E-state index in [1.165, 1.54) is 14.2 Å². The molecular formula is C17H29O6P. The van der Waals surface area contributed by atoms with E-state index >= 15 is 0 Å². The Bertz CT molecular complexity index is 542. The van der Waals surface area contributed by atoms with Gasteiger partial charge in [-0.05, 0) is 30.0 Å². The van der Waals surface area contributed by atoms with Crippen molar-refractivity contribution < 1.29 is 28.2 Å². The normalized spacial score (nSPS) is 13.4. The summed E-state index contributed by atoms with van der Waals surface area (Å²) in [6.07, 6.45) is 0. The van der Waals surface area contributed by atoms with Crippen LogP contribution in [0.5, 0.6) is 11.5 Å². The van der Waals surface area contributed by atoms with Gasteiger partial charge >= 0.3 is 7.60 Å². The molecule has 0 aromatic heterocycles. The minimum Gasteiger partial charge on any atom is -0.497 e. The third-order valence-corrected chi connectivity index (χ3v) is 5.09. The van der Waals surface area contributed by atoms with E-state index in [-0.39, 0.29) is 25.0 Å². The zero-order valence-electron chi connectivity index (χ0n) is 15.3. The van der Waals surface area contributed by atoms with E-state index in [1.807, 2.05) is 27.7 Å². The Kier molecular flexibility index (Phi) is 8.23. The quantitative estimate of drug-likeness (QED) is 0.629. The molecule has 1 aromatic carbocycles. The van der Waals surface area contributed by atoms with E-state index in [0.717, 1.165) is 0 Å². The molecule has 0 bridgehead atoms. The number of aliphatic hydroxyl groups excluding tert-OH is 1. The molecule has 1 N–H and O–H groups in total. The average Bonchev–Trinajstić information content (AvgIpc) is 2.56. The van der Waals surface area contributed by atoms with Crippen molar-refractivity contribution in [2.24, 2.45) is 11.8 Å². The van der Waals surface area contributed by atoms with Gasteiger partial charge < -0.3 is 23.6 Å². The summed E-state index contributed by atoms with van der Waals surface area (Å²) in [4.78, 5) is 0. The van der Waals surface area contributed by atoms with Crippen LogP contribution < -0.4 is 9.47 Å². The van der Waals surface area contributed by atoms with Gasteiger partial charge in [0.1, 0.15) is 11.5 Å². The molecule has 7 heteroatoms. The Labute approximate surface area is 144 Å². The molecule has 0 spiro atoms. The Hall–Kier alpha value is -1.07. The highest BCUT2D eigenvalue weighted by molar-refractivity contribution is 7.54. The van der Waals surface area contributed by atoms with Gasteiger partial charge in [0.05, 0.1) is 27.4 Å². The highest BCUT2D eigenvalue weighted by Crippen LogP contribution is 2.61. The summed E-state index contributed by atoms with van der Waals surface area (Å²) in [5.74, 6) is -0.241. The molecule has 0 radical (unpaired) electrons. The van der Waals surface area contributed by atoms with Crippen molar-refractivity contribution in [3.63, 3.8) is 0 Å². The predicted octanol–water partition coefficient (Wildman–Crippen LogP) is 4.23. The molecular weight excluding hydrogens is 331 g/mol. The summed E-state index contributed by atoms with van der Waals surface area (Å²) in [6.45, 7) is 8.19. The van der Waals surface area contributed by atoms with Crippen LogP contribution in [0.15, 0.2) is 18.2 Å². The maximum absolute atomic E-state index is 13.2. The van der Waals surface area contributed by atoms with Crippen LogP contribution in [0.25, 0.3) is 0 Å². The van der Waals surface area contributed by atoms with Crippen molar-refractivity contribution in [1.82, 2.24) is 0 Å². The molecule has 0 amide bonds. The number of rotatable bonds is 10. The van der Waals surface area contributed by atoms with Crippen LogP contribution in [-0.2, 0) is 13.6 Å². The molecule has 138 valence electrons. The molecule has 0 aliphatic carbocycles. The first-order valence-corrected chi connectivity index (χ1v) is 9.63. The van der Waals surface area contributed by atoms with Gasteiger partial charge in [0.2, 0.25) is 0 Å². The maximum atomic E-state index is 13.2. The summed E-state index contributed by atoms with van der Waals surface area (Å²) in [7, 11) is -0.795. The van der Waals surface area contributed by atoms with E-state index in [2.05, 4.69) is 0 Å². The van der Waals surface area contributed by atoms with Crippen LogP contribution in [0, 0.1) is 11.8 Å². The highest BCUT2D eigenvalue weighted by Gasteiger charge is 2.38. The van der Waals surface area contributed by atoms with Crippen LogP contribution >= 0.6 is 7.60 Å². The Morgan fingerprint density at radius 3 is 1.96 bits per heavy atom. The molecule has 0 saturated carbocycles. The van der Waals surface area contributed by atoms with Crippen LogP contribution in [0.3, 0.4) is 0 Å². The van der Waals surface area contributed by atoms with E-state index in [4.69, 9.17) is 18.5 Å². The lowest BCUT2D eigenvalue weighted by Crippen LogP contribution is -2.12. The first kappa shape index (κ1) is 21.0. The van der Waals surface area contributed by atoms with E-state index in [0.29, 0.717) is 17.1 Å². The second-order valence-electron chi connectivity index (χ2n) is 6.40. The van der Waals surface area contributed by atoms with Gasteiger partial charge in [-0.1, -0.05) is 27.7 Å². The third kappa shape index (κ3) is 5.78. The summed E-state index contributed by atoms with van der Waals surface area (Å²) in [5.41, 5.74) is 0.313. The zero-order chi connectivity index (χ0) is 18.3. The fourth-order valence-electron chi connectivity index (χ4n) is 1.90. The molecule has 6 nitrogen and oxygen atoms in total. The highest BCUT2D eigenvalue weighted by atomic mass is 31.2. The first-order chi connectivity index (χ1) is 11.2. The van der Waals surface area contributed by atoms with Crippen LogP contribution in [0.4, 0.5) is 0 Å². The van der Waals surface area contributed by atoms with Gasteiger partial charge in [-0.3, -0.25) is 4.57 Å². The maximum Gasteiger partial charge on any atom is 0.363 e. The lowest BCUT2D eigenvalue weighted by atomic mass is 10.2. The fourth-order valence-corrected chi connectivity index (χ4v) is 3.81. The molecule has 0 aliphatic rings. The lowest BCUT2D eigenvalue weighted by molar-refractivity contribution is 0.123. The van der Waals surface area contributed by atoms with Crippen molar-refractivity contribution in [2.75, 3.05) is 27.4 Å². The largest absolute Gasteiger partial charge is 0.497 e. The third-order valence-electron chi connectivity index (χ3n) is 3.19. The average molecular weight is 360 g/mol. The summed E-state index contributed by atoms with van der Waals surface area (Å²) in [6, 6.07) is 4.92. The Morgan fingerprint density at radius 2 is 1.54 bits per heavy atom. The second kappa shape index (κ2) is 9.42. The zero-order valence-corrected chi connectivity index (χ0v) is 16.2. The van der Waals surface area contributed by atoms with Crippen LogP contribution in [0.2, 0.25) is 0 Å². The van der Waals surface area contributed by atoms with Gasteiger partial charge in [0.15, 0.2) is 5.85 Å². The number of hydrogen-bond acceptors (Lipinski definition) is 6.